The Hall–Kier alpha value is -2.53. The summed E-state index contributed by atoms with van der Waals surface area (Å²) in [5.74, 6) is 0.397. The second-order valence-corrected chi connectivity index (χ2v) is 5.63. The third kappa shape index (κ3) is 5.93. The SMILES string of the molecule is NCCOc1ccc(CC(N)=O)cc1NCCCc1ccccc1. The predicted molar refractivity (Wildman–Crippen MR) is 97.1 cm³/mol. The van der Waals surface area contributed by atoms with Crippen LogP contribution in [0.2, 0.25) is 0 Å². The molecule has 0 unspecified atom stereocenters. The Kier molecular flexibility index (Phi) is 7.11. The van der Waals surface area contributed by atoms with Gasteiger partial charge in [0, 0.05) is 13.1 Å². The van der Waals surface area contributed by atoms with Crippen LogP contribution in [0.15, 0.2) is 48.5 Å². The molecule has 0 heterocycles. The number of amides is 1. The van der Waals surface area contributed by atoms with Gasteiger partial charge in [-0.2, -0.15) is 0 Å². The van der Waals surface area contributed by atoms with E-state index >= 15 is 0 Å². The van der Waals surface area contributed by atoms with Gasteiger partial charge in [0.15, 0.2) is 0 Å². The van der Waals surface area contributed by atoms with Gasteiger partial charge in [0.1, 0.15) is 12.4 Å². The van der Waals surface area contributed by atoms with E-state index in [9.17, 15) is 4.79 Å². The minimum absolute atomic E-state index is 0.218. The van der Waals surface area contributed by atoms with Crippen LogP contribution < -0.4 is 21.5 Å². The van der Waals surface area contributed by atoms with Crippen molar-refractivity contribution in [2.75, 3.05) is 25.0 Å². The molecule has 0 aliphatic heterocycles. The Balaban J connectivity index is 1.95. The molecule has 2 aromatic carbocycles. The normalized spacial score (nSPS) is 10.4. The number of aryl methyl sites for hydroxylation is 1. The lowest BCUT2D eigenvalue weighted by Gasteiger charge is -2.14. The number of hydrogen-bond donors (Lipinski definition) is 3. The Labute approximate surface area is 143 Å². The van der Waals surface area contributed by atoms with Crippen LogP contribution in [-0.4, -0.2) is 25.6 Å². The average molecular weight is 327 g/mol. The maximum Gasteiger partial charge on any atom is 0.221 e. The lowest BCUT2D eigenvalue weighted by molar-refractivity contribution is -0.117. The third-order valence-corrected chi connectivity index (χ3v) is 3.60. The number of benzene rings is 2. The van der Waals surface area contributed by atoms with Crippen LogP contribution >= 0.6 is 0 Å². The first-order valence-electron chi connectivity index (χ1n) is 8.21. The van der Waals surface area contributed by atoms with Gasteiger partial charge in [0.2, 0.25) is 5.91 Å². The number of hydrogen-bond acceptors (Lipinski definition) is 4. The minimum Gasteiger partial charge on any atom is -0.490 e. The van der Waals surface area contributed by atoms with Crippen LogP contribution in [0.5, 0.6) is 5.75 Å². The Bertz CT molecular complexity index is 644. The van der Waals surface area contributed by atoms with Crippen molar-refractivity contribution in [2.24, 2.45) is 11.5 Å². The number of nitrogens with two attached hydrogens (primary N) is 2. The molecule has 2 rings (SSSR count). The molecule has 0 aromatic heterocycles. The van der Waals surface area contributed by atoms with E-state index in [0.717, 1.165) is 36.4 Å². The zero-order valence-electron chi connectivity index (χ0n) is 13.8. The van der Waals surface area contributed by atoms with Crippen molar-refractivity contribution < 1.29 is 9.53 Å². The summed E-state index contributed by atoms with van der Waals surface area (Å²) in [7, 11) is 0. The lowest BCUT2D eigenvalue weighted by atomic mass is 10.1. The quantitative estimate of drug-likeness (QED) is 0.583. The topological polar surface area (TPSA) is 90.4 Å². The monoisotopic (exact) mass is 327 g/mol. The van der Waals surface area contributed by atoms with Gasteiger partial charge in [-0.15, -0.1) is 0 Å². The summed E-state index contributed by atoms with van der Waals surface area (Å²) in [5.41, 5.74) is 13.8. The Morgan fingerprint density at radius 3 is 2.58 bits per heavy atom. The van der Waals surface area contributed by atoms with Crippen molar-refractivity contribution >= 4 is 11.6 Å². The largest absolute Gasteiger partial charge is 0.490 e. The lowest BCUT2D eigenvalue weighted by Crippen LogP contribution is -2.15. The molecule has 128 valence electrons. The van der Waals surface area contributed by atoms with Crippen molar-refractivity contribution in [3.8, 4) is 5.75 Å². The summed E-state index contributed by atoms with van der Waals surface area (Å²) in [5, 5.41) is 3.39. The summed E-state index contributed by atoms with van der Waals surface area (Å²) >= 11 is 0. The van der Waals surface area contributed by atoms with Crippen LogP contribution in [0.1, 0.15) is 17.5 Å². The van der Waals surface area contributed by atoms with E-state index in [1.807, 2.05) is 24.3 Å². The number of rotatable bonds is 10. The summed E-state index contributed by atoms with van der Waals surface area (Å²) in [6.45, 7) is 1.72. The first-order valence-corrected chi connectivity index (χ1v) is 8.21. The molecule has 0 fully saturated rings. The number of primary amides is 1. The highest BCUT2D eigenvalue weighted by Crippen LogP contribution is 2.26. The Morgan fingerprint density at radius 1 is 1.08 bits per heavy atom. The van der Waals surface area contributed by atoms with Gasteiger partial charge in [0.25, 0.3) is 0 Å². The highest BCUT2D eigenvalue weighted by atomic mass is 16.5. The molecule has 1 amide bonds. The maximum absolute atomic E-state index is 11.1. The van der Waals surface area contributed by atoms with Gasteiger partial charge < -0.3 is 21.5 Å². The third-order valence-electron chi connectivity index (χ3n) is 3.60. The first-order chi connectivity index (χ1) is 11.7. The van der Waals surface area contributed by atoms with Crippen molar-refractivity contribution in [2.45, 2.75) is 19.3 Å². The van der Waals surface area contributed by atoms with Gasteiger partial charge in [-0.3, -0.25) is 4.79 Å². The van der Waals surface area contributed by atoms with E-state index in [1.165, 1.54) is 5.56 Å². The highest BCUT2D eigenvalue weighted by Gasteiger charge is 2.07. The second kappa shape index (κ2) is 9.57. The predicted octanol–water partition coefficient (Wildman–Crippen LogP) is 2.10. The van der Waals surface area contributed by atoms with E-state index < -0.39 is 0 Å². The molecular weight excluding hydrogens is 302 g/mol. The fraction of sp³-hybridized carbons (Fsp3) is 0.316. The molecule has 5 nitrogen and oxygen atoms in total. The first kappa shape index (κ1) is 17.8. The summed E-state index contributed by atoms with van der Waals surface area (Å²) in [4.78, 5) is 11.1. The van der Waals surface area contributed by atoms with Crippen LogP contribution in [-0.2, 0) is 17.6 Å². The van der Waals surface area contributed by atoms with E-state index in [4.69, 9.17) is 16.2 Å². The molecule has 0 spiro atoms. The molecule has 2 aromatic rings. The van der Waals surface area contributed by atoms with Crippen molar-refractivity contribution in [3.05, 3.63) is 59.7 Å². The smallest absolute Gasteiger partial charge is 0.221 e. The molecule has 0 saturated carbocycles. The molecule has 5 N–H and O–H groups in total. The summed E-state index contributed by atoms with van der Waals surface area (Å²) in [6, 6.07) is 16.0. The molecule has 0 saturated heterocycles. The number of ether oxygens (including phenoxy) is 1. The van der Waals surface area contributed by atoms with Crippen LogP contribution in [0.25, 0.3) is 0 Å². The number of carbonyl (C=O) groups excluding carboxylic acids is 1. The summed E-state index contributed by atoms with van der Waals surface area (Å²) in [6.07, 6.45) is 2.23. The summed E-state index contributed by atoms with van der Waals surface area (Å²) < 4.78 is 5.66. The van der Waals surface area contributed by atoms with Crippen molar-refractivity contribution in [1.82, 2.24) is 0 Å². The van der Waals surface area contributed by atoms with Crippen molar-refractivity contribution in [1.29, 1.82) is 0 Å². The van der Waals surface area contributed by atoms with Gasteiger partial charge in [-0.05, 0) is 36.1 Å². The highest BCUT2D eigenvalue weighted by molar-refractivity contribution is 5.77. The number of nitrogens with one attached hydrogen (secondary N) is 1. The minimum atomic E-state index is -0.347. The fourth-order valence-electron chi connectivity index (χ4n) is 2.48. The molecule has 24 heavy (non-hydrogen) atoms. The second-order valence-electron chi connectivity index (χ2n) is 5.63. The average Bonchev–Trinajstić information content (AvgIpc) is 2.58. The van der Waals surface area contributed by atoms with E-state index in [2.05, 4.69) is 29.6 Å². The maximum atomic E-state index is 11.1. The van der Waals surface area contributed by atoms with Gasteiger partial charge in [0.05, 0.1) is 12.1 Å². The zero-order chi connectivity index (χ0) is 17.2. The van der Waals surface area contributed by atoms with Crippen LogP contribution in [0.4, 0.5) is 5.69 Å². The molecule has 0 bridgehead atoms. The molecule has 0 aliphatic carbocycles. The van der Waals surface area contributed by atoms with E-state index in [0.29, 0.717) is 13.2 Å². The van der Waals surface area contributed by atoms with Gasteiger partial charge >= 0.3 is 0 Å². The number of anilines is 1. The molecule has 5 heteroatoms. The van der Waals surface area contributed by atoms with Gasteiger partial charge in [-0.1, -0.05) is 36.4 Å². The standard InChI is InChI=1S/C19H25N3O2/c20-10-12-24-18-9-8-16(14-19(21)23)13-17(18)22-11-4-7-15-5-2-1-3-6-15/h1-3,5-6,8-9,13,22H,4,7,10-12,14,20H2,(H2,21,23). The Morgan fingerprint density at radius 2 is 1.88 bits per heavy atom. The molecular formula is C19H25N3O2. The van der Waals surface area contributed by atoms with E-state index in [-0.39, 0.29) is 12.3 Å². The molecule has 0 atom stereocenters. The van der Waals surface area contributed by atoms with Gasteiger partial charge in [-0.25, -0.2) is 0 Å². The fourth-order valence-corrected chi connectivity index (χ4v) is 2.48. The van der Waals surface area contributed by atoms with E-state index in [1.54, 1.807) is 0 Å². The zero-order valence-corrected chi connectivity index (χ0v) is 13.8. The van der Waals surface area contributed by atoms with Crippen molar-refractivity contribution in [3.63, 3.8) is 0 Å². The molecule has 0 radical (unpaired) electrons. The van der Waals surface area contributed by atoms with Crippen LogP contribution in [0.3, 0.4) is 0 Å². The number of carbonyl (C=O) groups is 1. The van der Waals surface area contributed by atoms with Crippen LogP contribution in [0, 0.1) is 0 Å². The molecule has 0 aliphatic rings.